The lowest BCUT2D eigenvalue weighted by atomic mass is 10.2. The van der Waals surface area contributed by atoms with Crippen molar-refractivity contribution in [1.82, 2.24) is 15.0 Å². The molecule has 26 heavy (non-hydrogen) atoms. The third kappa shape index (κ3) is 3.12. The Balaban J connectivity index is 1.66. The molecule has 0 saturated carbocycles. The minimum absolute atomic E-state index is 0.305. The average molecular weight is 343 g/mol. The number of benzene rings is 2. The van der Waals surface area contributed by atoms with Crippen LogP contribution in [0.3, 0.4) is 0 Å². The van der Waals surface area contributed by atoms with Gasteiger partial charge in [0.1, 0.15) is 17.8 Å². The number of ether oxygens (including phenoxy) is 1. The summed E-state index contributed by atoms with van der Waals surface area (Å²) in [5.41, 5.74) is 9.36. The molecule has 0 aliphatic heterocycles. The number of para-hydroxylation sites is 1. The molecule has 0 radical (unpaired) electrons. The molecule has 2 heterocycles. The van der Waals surface area contributed by atoms with Crippen LogP contribution in [0.15, 0.2) is 67.1 Å². The molecule has 6 heteroatoms. The van der Waals surface area contributed by atoms with E-state index in [1.165, 1.54) is 6.33 Å². The fourth-order valence-electron chi connectivity index (χ4n) is 2.61. The number of nitrogen functional groups attached to an aromatic ring is 1. The third-order valence-corrected chi connectivity index (χ3v) is 3.97. The van der Waals surface area contributed by atoms with Gasteiger partial charge in [0.2, 0.25) is 5.88 Å². The molecule has 0 spiro atoms. The van der Waals surface area contributed by atoms with Gasteiger partial charge in [0.15, 0.2) is 5.82 Å². The summed E-state index contributed by atoms with van der Waals surface area (Å²) in [7, 11) is 0. The number of rotatable bonds is 4. The molecular formula is C20H17N5O. The first-order valence-electron chi connectivity index (χ1n) is 8.16. The molecule has 0 atom stereocenters. The maximum Gasteiger partial charge on any atom is 0.248 e. The average Bonchev–Trinajstić information content (AvgIpc) is 2.67. The van der Waals surface area contributed by atoms with Gasteiger partial charge in [-0.3, -0.25) is 4.98 Å². The fourth-order valence-corrected chi connectivity index (χ4v) is 2.61. The summed E-state index contributed by atoms with van der Waals surface area (Å²) in [6, 6.07) is 17.5. The smallest absolute Gasteiger partial charge is 0.248 e. The quantitative estimate of drug-likeness (QED) is 0.569. The fraction of sp³-hybridized carbons (Fsp3) is 0.0500. The monoisotopic (exact) mass is 343 g/mol. The molecule has 0 aliphatic rings. The minimum Gasteiger partial charge on any atom is -0.437 e. The SMILES string of the molecule is Cc1ccc(Oc2ncnc(Nc3cccc4cccnc34)c2N)cc1. The van der Waals surface area contributed by atoms with Crippen LogP contribution in [-0.4, -0.2) is 15.0 Å². The second kappa shape index (κ2) is 6.68. The summed E-state index contributed by atoms with van der Waals surface area (Å²) >= 11 is 0. The van der Waals surface area contributed by atoms with Gasteiger partial charge >= 0.3 is 0 Å². The van der Waals surface area contributed by atoms with Gasteiger partial charge in [-0.05, 0) is 31.2 Å². The van der Waals surface area contributed by atoms with Gasteiger partial charge in [-0.15, -0.1) is 0 Å². The summed E-state index contributed by atoms with van der Waals surface area (Å²) in [6.07, 6.45) is 3.17. The van der Waals surface area contributed by atoms with Crippen molar-refractivity contribution in [2.75, 3.05) is 11.1 Å². The number of fused-ring (bicyclic) bond motifs is 1. The van der Waals surface area contributed by atoms with Crippen LogP contribution < -0.4 is 15.8 Å². The van der Waals surface area contributed by atoms with E-state index in [0.717, 1.165) is 22.2 Å². The van der Waals surface area contributed by atoms with Crippen LogP contribution in [-0.2, 0) is 0 Å². The largest absolute Gasteiger partial charge is 0.437 e. The second-order valence-corrected chi connectivity index (χ2v) is 5.86. The Morgan fingerprint density at radius 2 is 1.73 bits per heavy atom. The van der Waals surface area contributed by atoms with E-state index in [4.69, 9.17) is 10.5 Å². The highest BCUT2D eigenvalue weighted by molar-refractivity contribution is 5.92. The van der Waals surface area contributed by atoms with Crippen molar-refractivity contribution in [2.24, 2.45) is 0 Å². The molecule has 0 aliphatic carbocycles. The van der Waals surface area contributed by atoms with Gasteiger partial charge in [0, 0.05) is 11.6 Å². The zero-order valence-corrected chi connectivity index (χ0v) is 14.2. The van der Waals surface area contributed by atoms with Gasteiger partial charge in [0.25, 0.3) is 0 Å². The third-order valence-electron chi connectivity index (χ3n) is 3.97. The lowest BCUT2D eigenvalue weighted by Crippen LogP contribution is -2.03. The Kier molecular flexibility index (Phi) is 4.07. The standard InChI is InChI=1S/C20H17N5O/c1-13-7-9-15(10-8-13)26-20-17(21)19(23-12-24-20)25-16-6-2-4-14-5-3-11-22-18(14)16/h2-12H,21H2,1H3,(H,23,24,25). The van der Waals surface area contributed by atoms with E-state index in [-0.39, 0.29) is 0 Å². The molecule has 0 unspecified atom stereocenters. The van der Waals surface area contributed by atoms with Crippen LogP contribution >= 0.6 is 0 Å². The van der Waals surface area contributed by atoms with Crippen molar-refractivity contribution in [3.05, 3.63) is 72.7 Å². The molecule has 128 valence electrons. The van der Waals surface area contributed by atoms with E-state index in [0.29, 0.717) is 23.1 Å². The van der Waals surface area contributed by atoms with Crippen LogP contribution in [0, 0.1) is 6.92 Å². The number of aromatic nitrogens is 3. The van der Waals surface area contributed by atoms with Crippen LogP contribution in [0.25, 0.3) is 10.9 Å². The predicted octanol–water partition coefficient (Wildman–Crippen LogP) is 4.45. The highest BCUT2D eigenvalue weighted by Crippen LogP contribution is 2.32. The predicted molar refractivity (Wildman–Crippen MR) is 103 cm³/mol. The Labute approximate surface area is 150 Å². The second-order valence-electron chi connectivity index (χ2n) is 5.86. The van der Waals surface area contributed by atoms with Crippen LogP contribution in [0.1, 0.15) is 5.56 Å². The number of hydrogen-bond acceptors (Lipinski definition) is 6. The zero-order chi connectivity index (χ0) is 17.9. The summed E-state index contributed by atoms with van der Waals surface area (Å²) in [6.45, 7) is 2.02. The highest BCUT2D eigenvalue weighted by atomic mass is 16.5. The van der Waals surface area contributed by atoms with Crippen molar-refractivity contribution < 1.29 is 4.74 Å². The molecule has 0 fully saturated rings. The summed E-state index contributed by atoms with van der Waals surface area (Å²) in [5, 5.41) is 4.26. The number of pyridine rings is 1. The van der Waals surface area contributed by atoms with Crippen molar-refractivity contribution in [3.63, 3.8) is 0 Å². The maximum absolute atomic E-state index is 6.22. The molecule has 2 aromatic carbocycles. The number of aryl methyl sites for hydroxylation is 1. The van der Waals surface area contributed by atoms with E-state index in [1.54, 1.807) is 6.20 Å². The number of nitrogens with two attached hydrogens (primary N) is 1. The van der Waals surface area contributed by atoms with Crippen molar-refractivity contribution >= 4 is 28.1 Å². The van der Waals surface area contributed by atoms with E-state index in [9.17, 15) is 0 Å². The zero-order valence-electron chi connectivity index (χ0n) is 14.2. The topological polar surface area (TPSA) is 86.0 Å². The number of nitrogens with one attached hydrogen (secondary N) is 1. The highest BCUT2D eigenvalue weighted by Gasteiger charge is 2.12. The van der Waals surface area contributed by atoms with Crippen LogP contribution in [0.2, 0.25) is 0 Å². The summed E-state index contributed by atoms with van der Waals surface area (Å²) in [4.78, 5) is 12.8. The van der Waals surface area contributed by atoms with Crippen molar-refractivity contribution in [2.45, 2.75) is 6.92 Å². The molecule has 4 rings (SSSR count). The lowest BCUT2D eigenvalue weighted by Gasteiger charge is -2.13. The molecule has 0 saturated heterocycles. The normalized spacial score (nSPS) is 10.7. The van der Waals surface area contributed by atoms with Crippen molar-refractivity contribution in [1.29, 1.82) is 0 Å². The van der Waals surface area contributed by atoms with Gasteiger partial charge in [-0.2, -0.15) is 4.98 Å². The Hall–Kier alpha value is -3.67. The van der Waals surface area contributed by atoms with Gasteiger partial charge in [-0.25, -0.2) is 4.98 Å². The van der Waals surface area contributed by atoms with E-state index in [1.807, 2.05) is 61.5 Å². The molecular weight excluding hydrogens is 326 g/mol. The van der Waals surface area contributed by atoms with E-state index in [2.05, 4.69) is 20.3 Å². The lowest BCUT2D eigenvalue weighted by molar-refractivity contribution is 0.464. The summed E-state index contributed by atoms with van der Waals surface area (Å²) < 4.78 is 5.80. The van der Waals surface area contributed by atoms with Gasteiger partial charge in [-0.1, -0.05) is 35.9 Å². The maximum atomic E-state index is 6.22. The Morgan fingerprint density at radius 3 is 2.58 bits per heavy atom. The molecule has 3 N–H and O–H groups in total. The molecule has 0 bridgehead atoms. The minimum atomic E-state index is 0.305. The molecule has 4 aromatic rings. The van der Waals surface area contributed by atoms with Gasteiger partial charge in [0.05, 0.1) is 11.2 Å². The number of anilines is 3. The first-order valence-corrected chi connectivity index (χ1v) is 8.16. The first-order chi connectivity index (χ1) is 12.7. The van der Waals surface area contributed by atoms with Gasteiger partial charge < -0.3 is 15.8 Å². The van der Waals surface area contributed by atoms with E-state index < -0.39 is 0 Å². The molecule has 6 nitrogen and oxygen atoms in total. The summed E-state index contributed by atoms with van der Waals surface area (Å²) in [5.74, 6) is 1.44. The molecule has 2 aromatic heterocycles. The Bertz CT molecular complexity index is 1060. The molecule has 0 amide bonds. The van der Waals surface area contributed by atoms with Crippen LogP contribution in [0.4, 0.5) is 17.2 Å². The first kappa shape index (κ1) is 15.8. The van der Waals surface area contributed by atoms with E-state index >= 15 is 0 Å². The van der Waals surface area contributed by atoms with Crippen molar-refractivity contribution in [3.8, 4) is 11.6 Å². The Morgan fingerprint density at radius 1 is 0.923 bits per heavy atom. The number of nitrogens with zero attached hydrogens (tertiary/aromatic N) is 3. The van der Waals surface area contributed by atoms with Crippen LogP contribution in [0.5, 0.6) is 11.6 Å². The number of hydrogen-bond donors (Lipinski definition) is 2.